The predicted octanol–water partition coefficient (Wildman–Crippen LogP) is 2.87. The van der Waals surface area contributed by atoms with E-state index in [1.165, 1.54) is 25.5 Å². The van der Waals surface area contributed by atoms with E-state index in [0.29, 0.717) is 17.7 Å². The maximum absolute atomic E-state index is 12.3. The molecule has 1 aromatic carbocycles. The van der Waals surface area contributed by atoms with Crippen molar-refractivity contribution >= 4 is 17.0 Å². The third-order valence-electron chi connectivity index (χ3n) is 5.86. The second-order valence-electron chi connectivity index (χ2n) is 6.78. The van der Waals surface area contributed by atoms with Gasteiger partial charge in [-0.05, 0) is 49.5 Å². The molecule has 1 aromatic heterocycles. The first kappa shape index (κ1) is 15.7. The van der Waals surface area contributed by atoms with Crippen LogP contribution in [-0.2, 0) is 17.8 Å². The number of ether oxygens (including phenoxy) is 1. The number of fused-ring (bicyclic) bond motifs is 2. The Labute approximate surface area is 141 Å². The van der Waals surface area contributed by atoms with Gasteiger partial charge in [0.05, 0.1) is 24.9 Å². The number of aliphatic hydroxyl groups excluding tert-OH is 1. The van der Waals surface area contributed by atoms with Gasteiger partial charge in [-0.2, -0.15) is 0 Å². The molecule has 0 spiro atoms. The number of hydrogen-bond donors (Lipinski definition) is 1. The van der Waals surface area contributed by atoms with E-state index >= 15 is 0 Å². The van der Waals surface area contributed by atoms with Crippen LogP contribution in [0.15, 0.2) is 18.2 Å². The van der Waals surface area contributed by atoms with E-state index in [0.717, 1.165) is 36.0 Å². The Morgan fingerprint density at radius 1 is 1.42 bits per heavy atom. The summed E-state index contributed by atoms with van der Waals surface area (Å²) in [6.07, 6.45) is 2.87. The molecule has 1 fully saturated rings. The zero-order valence-corrected chi connectivity index (χ0v) is 14.3. The lowest BCUT2D eigenvalue weighted by Crippen LogP contribution is -2.46. The summed E-state index contributed by atoms with van der Waals surface area (Å²) in [5.41, 5.74) is 4.00. The molecule has 2 heterocycles. The zero-order chi connectivity index (χ0) is 16.8. The molecule has 0 amide bonds. The minimum absolute atomic E-state index is 0.151. The van der Waals surface area contributed by atoms with E-state index in [1.807, 2.05) is 12.1 Å². The second kappa shape index (κ2) is 5.90. The lowest BCUT2D eigenvalue weighted by Gasteiger charge is -2.44. The van der Waals surface area contributed by atoms with Crippen LogP contribution in [0.2, 0.25) is 0 Å². The van der Waals surface area contributed by atoms with Gasteiger partial charge in [-0.15, -0.1) is 0 Å². The summed E-state index contributed by atoms with van der Waals surface area (Å²) in [7, 11) is 1.39. The van der Waals surface area contributed by atoms with Gasteiger partial charge in [-0.25, -0.2) is 9.36 Å². The molecule has 128 valence electrons. The number of hydrogen-bond acceptors (Lipinski definition) is 4. The first-order valence-corrected chi connectivity index (χ1v) is 8.79. The molecule has 24 heavy (non-hydrogen) atoms. The van der Waals surface area contributed by atoms with Crippen LogP contribution in [-0.4, -0.2) is 46.9 Å². The quantitative estimate of drug-likeness (QED) is 0.921. The highest BCUT2D eigenvalue weighted by atomic mass is 16.5. The summed E-state index contributed by atoms with van der Waals surface area (Å²) in [5, 5.41) is 11.1. The van der Waals surface area contributed by atoms with Crippen molar-refractivity contribution in [3.63, 3.8) is 0 Å². The summed E-state index contributed by atoms with van der Waals surface area (Å²) in [6.45, 7) is 4.24. The number of carbonyl (C=O) groups excluding carboxylic acids is 1. The highest BCUT2D eigenvalue weighted by Crippen LogP contribution is 2.45. The maximum atomic E-state index is 12.3. The molecule has 2 atom stereocenters. The minimum Gasteiger partial charge on any atom is -0.452 e. The van der Waals surface area contributed by atoms with E-state index in [1.54, 1.807) is 4.57 Å². The molecule has 1 aliphatic carbocycles. The molecule has 5 heteroatoms. The van der Waals surface area contributed by atoms with Crippen LogP contribution >= 0.6 is 0 Å². The van der Waals surface area contributed by atoms with Gasteiger partial charge in [0.25, 0.3) is 0 Å². The van der Waals surface area contributed by atoms with Crippen molar-refractivity contribution in [1.82, 2.24) is 9.47 Å². The van der Waals surface area contributed by atoms with Gasteiger partial charge in [0.1, 0.15) is 0 Å². The molecule has 0 saturated carbocycles. The Bertz CT molecular complexity index is 795. The molecule has 2 aromatic rings. The maximum Gasteiger partial charge on any atom is 0.418 e. The average molecular weight is 328 g/mol. The number of piperidine rings is 1. The normalized spacial score (nSPS) is 23.3. The Hall–Kier alpha value is -1.85. The Balaban J connectivity index is 1.98. The van der Waals surface area contributed by atoms with Crippen LogP contribution in [0.3, 0.4) is 0 Å². The van der Waals surface area contributed by atoms with E-state index in [-0.39, 0.29) is 6.61 Å². The molecule has 2 aliphatic rings. The largest absolute Gasteiger partial charge is 0.452 e. The molecule has 4 rings (SSSR count). The fourth-order valence-corrected chi connectivity index (χ4v) is 4.85. The summed E-state index contributed by atoms with van der Waals surface area (Å²) in [4.78, 5) is 14.9. The van der Waals surface area contributed by atoms with Gasteiger partial charge in [-0.1, -0.05) is 19.1 Å². The van der Waals surface area contributed by atoms with E-state index in [9.17, 15) is 9.90 Å². The lowest BCUT2D eigenvalue weighted by atomic mass is 9.74. The molecule has 5 nitrogen and oxygen atoms in total. The van der Waals surface area contributed by atoms with Crippen molar-refractivity contribution in [2.75, 3.05) is 20.2 Å². The van der Waals surface area contributed by atoms with Gasteiger partial charge in [0, 0.05) is 17.3 Å². The molecular formula is C19H24N2O3. The van der Waals surface area contributed by atoms with Gasteiger partial charge in [0.2, 0.25) is 0 Å². The topological polar surface area (TPSA) is 54.7 Å². The van der Waals surface area contributed by atoms with E-state index in [2.05, 4.69) is 17.9 Å². The Morgan fingerprint density at radius 3 is 2.96 bits per heavy atom. The number of methoxy groups -OCH3 is 1. The van der Waals surface area contributed by atoms with Crippen molar-refractivity contribution in [2.45, 2.75) is 44.8 Å². The van der Waals surface area contributed by atoms with E-state index < -0.39 is 6.09 Å². The smallest absolute Gasteiger partial charge is 0.418 e. The molecular weight excluding hydrogens is 304 g/mol. The summed E-state index contributed by atoms with van der Waals surface area (Å²) in [5.74, 6) is 0.509. The van der Waals surface area contributed by atoms with Crippen molar-refractivity contribution in [2.24, 2.45) is 0 Å². The van der Waals surface area contributed by atoms with Crippen molar-refractivity contribution < 1.29 is 14.6 Å². The van der Waals surface area contributed by atoms with Crippen molar-refractivity contribution in [3.05, 3.63) is 35.0 Å². The number of rotatable bonds is 2. The van der Waals surface area contributed by atoms with Crippen molar-refractivity contribution in [1.29, 1.82) is 0 Å². The number of benzene rings is 1. The average Bonchev–Trinajstić information content (AvgIpc) is 2.95. The van der Waals surface area contributed by atoms with Crippen molar-refractivity contribution in [3.8, 4) is 0 Å². The van der Waals surface area contributed by atoms with E-state index in [4.69, 9.17) is 4.74 Å². The SMILES string of the molecule is CCN1CCC[C@@H]2c3cccc4c3c(c(CO)n4C(=O)OC)C[C@H]21. The highest BCUT2D eigenvalue weighted by Gasteiger charge is 2.39. The van der Waals surface area contributed by atoms with Gasteiger partial charge >= 0.3 is 6.09 Å². The molecule has 1 N–H and O–H groups in total. The van der Waals surface area contributed by atoms with Crippen LogP contribution in [0.4, 0.5) is 4.79 Å². The predicted molar refractivity (Wildman–Crippen MR) is 92.4 cm³/mol. The molecule has 0 bridgehead atoms. The number of aliphatic hydroxyl groups is 1. The van der Waals surface area contributed by atoms with Gasteiger partial charge < -0.3 is 9.84 Å². The zero-order valence-electron chi connectivity index (χ0n) is 14.3. The molecule has 1 aliphatic heterocycles. The monoisotopic (exact) mass is 328 g/mol. The fourth-order valence-electron chi connectivity index (χ4n) is 4.85. The molecule has 0 unspecified atom stereocenters. The fraction of sp³-hybridized carbons (Fsp3) is 0.526. The number of likely N-dealkylation sites (tertiary alicyclic amines) is 1. The van der Waals surface area contributed by atoms with Gasteiger partial charge in [0.15, 0.2) is 0 Å². The third kappa shape index (κ3) is 2.04. The van der Waals surface area contributed by atoms with Crippen LogP contribution in [0, 0.1) is 0 Å². The molecule has 0 radical (unpaired) electrons. The number of carbonyl (C=O) groups is 1. The standard InChI is InChI=1S/C19H24N2O3/c1-3-20-9-5-7-12-13-6-4-8-15-18(13)14(10-16(12)20)17(11-22)21(15)19(23)24-2/h4,6,8,12,16,22H,3,5,7,9-11H2,1-2H3/t12-,16-/m1/s1. The van der Waals surface area contributed by atoms with Crippen LogP contribution in [0.5, 0.6) is 0 Å². The Morgan fingerprint density at radius 2 is 2.25 bits per heavy atom. The Kier molecular flexibility index (Phi) is 3.85. The van der Waals surface area contributed by atoms with Crippen LogP contribution in [0.1, 0.15) is 42.5 Å². The number of likely N-dealkylation sites (N-methyl/N-ethyl adjacent to an activating group) is 1. The molecule has 1 saturated heterocycles. The van der Waals surface area contributed by atoms with Crippen LogP contribution in [0.25, 0.3) is 10.9 Å². The summed E-state index contributed by atoms with van der Waals surface area (Å²) < 4.78 is 6.53. The summed E-state index contributed by atoms with van der Waals surface area (Å²) >= 11 is 0. The number of nitrogens with zero attached hydrogens (tertiary/aromatic N) is 2. The third-order valence-corrected chi connectivity index (χ3v) is 5.86. The highest BCUT2D eigenvalue weighted by molar-refractivity contribution is 5.96. The second-order valence-corrected chi connectivity index (χ2v) is 6.78. The van der Waals surface area contributed by atoms with Gasteiger partial charge in [-0.3, -0.25) is 4.90 Å². The minimum atomic E-state index is -0.426. The first-order chi connectivity index (χ1) is 11.7. The summed E-state index contributed by atoms with van der Waals surface area (Å²) in [6, 6.07) is 6.64. The first-order valence-electron chi connectivity index (χ1n) is 8.79. The van der Waals surface area contributed by atoms with Crippen LogP contribution < -0.4 is 0 Å². The lowest BCUT2D eigenvalue weighted by molar-refractivity contribution is 0.130. The number of aromatic nitrogens is 1.